The molecule has 0 bridgehead atoms. The fourth-order valence-corrected chi connectivity index (χ4v) is 4.37. The van der Waals surface area contributed by atoms with E-state index in [0.29, 0.717) is 6.04 Å². The van der Waals surface area contributed by atoms with Crippen LogP contribution in [0.5, 0.6) is 0 Å². The van der Waals surface area contributed by atoms with E-state index in [-0.39, 0.29) is 0 Å². The molecular weight excluding hydrogens is 232 g/mol. The molecule has 3 aliphatic rings. The van der Waals surface area contributed by atoms with Crippen LogP contribution < -0.4 is 5.32 Å². The minimum absolute atomic E-state index is 0.691. The molecule has 0 amide bonds. The van der Waals surface area contributed by atoms with Crippen molar-refractivity contribution in [2.24, 2.45) is 0 Å². The molecular formula is C17H24N2. The molecule has 4 rings (SSSR count). The average molecular weight is 256 g/mol. The first-order chi connectivity index (χ1) is 9.42. The number of nitrogens with zero attached hydrogens (tertiary/aromatic N) is 1. The maximum Gasteiger partial charge on any atom is 0.0429 e. The third kappa shape index (κ3) is 2.06. The maximum atomic E-state index is 3.90. The summed E-state index contributed by atoms with van der Waals surface area (Å²) in [6.07, 6.45) is 9.42. The summed E-state index contributed by atoms with van der Waals surface area (Å²) in [4.78, 5) is 2.69. The first-order valence-corrected chi connectivity index (χ1v) is 8.03. The quantitative estimate of drug-likeness (QED) is 0.874. The Morgan fingerprint density at radius 1 is 1.00 bits per heavy atom. The Morgan fingerprint density at radius 3 is 2.95 bits per heavy atom. The molecule has 2 saturated heterocycles. The zero-order chi connectivity index (χ0) is 12.7. The number of anilines is 1. The lowest BCUT2D eigenvalue weighted by Crippen LogP contribution is -2.34. The molecule has 19 heavy (non-hydrogen) atoms. The monoisotopic (exact) mass is 256 g/mol. The van der Waals surface area contributed by atoms with Crippen LogP contribution >= 0.6 is 0 Å². The summed E-state index contributed by atoms with van der Waals surface area (Å²) in [6.45, 7) is 2.63. The Bertz CT molecular complexity index is 468. The molecule has 1 aromatic rings. The lowest BCUT2D eigenvalue weighted by molar-refractivity contribution is 0.318. The van der Waals surface area contributed by atoms with E-state index in [1.54, 1.807) is 11.1 Å². The highest BCUT2D eigenvalue weighted by atomic mass is 15.2. The van der Waals surface area contributed by atoms with Gasteiger partial charge in [-0.1, -0.05) is 12.1 Å². The summed E-state index contributed by atoms with van der Waals surface area (Å²) in [6, 6.07) is 8.38. The average Bonchev–Trinajstić information content (AvgIpc) is 3.04. The van der Waals surface area contributed by atoms with E-state index in [1.807, 2.05) is 0 Å². The zero-order valence-corrected chi connectivity index (χ0v) is 11.7. The van der Waals surface area contributed by atoms with Crippen LogP contribution in [0.2, 0.25) is 0 Å². The highest BCUT2D eigenvalue weighted by molar-refractivity contribution is 5.56. The topological polar surface area (TPSA) is 15.3 Å². The van der Waals surface area contributed by atoms with Crippen LogP contribution in [0.4, 0.5) is 5.69 Å². The van der Waals surface area contributed by atoms with Gasteiger partial charge in [0.1, 0.15) is 0 Å². The largest absolute Gasteiger partial charge is 0.380 e. The molecule has 2 nitrogen and oxygen atoms in total. The predicted molar refractivity (Wildman–Crippen MR) is 79.7 cm³/mol. The predicted octanol–water partition coefficient (Wildman–Crippen LogP) is 3.21. The lowest BCUT2D eigenvalue weighted by atomic mass is 9.90. The molecule has 102 valence electrons. The van der Waals surface area contributed by atoms with Gasteiger partial charge in [-0.3, -0.25) is 4.90 Å². The number of hydrogen-bond acceptors (Lipinski definition) is 2. The summed E-state index contributed by atoms with van der Waals surface area (Å²) in [7, 11) is 0. The normalized spacial score (nSPS) is 30.1. The number of benzene rings is 1. The van der Waals surface area contributed by atoms with Crippen LogP contribution in [-0.4, -0.2) is 30.1 Å². The molecule has 1 aromatic carbocycles. The third-order valence-corrected chi connectivity index (χ3v) is 5.34. The minimum Gasteiger partial charge on any atom is -0.380 e. The first-order valence-electron chi connectivity index (χ1n) is 8.03. The second-order valence-corrected chi connectivity index (χ2v) is 6.44. The van der Waals surface area contributed by atoms with E-state index in [9.17, 15) is 0 Å². The van der Waals surface area contributed by atoms with E-state index in [4.69, 9.17) is 0 Å². The van der Waals surface area contributed by atoms with Crippen LogP contribution in [0.25, 0.3) is 0 Å². The SMILES string of the molecule is c1cc2c(c(NC3CCN4CCCC34)c1)CCCC2. The Kier molecular flexibility index (Phi) is 2.99. The standard InChI is InChI=1S/C17H24N2/c1-2-7-14-13(5-1)6-3-8-15(14)18-16-10-12-19-11-4-9-17(16)19/h3,6,8,16-18H,1-2,4-5,7,9-12H2. The van der Waals surface area contributed by atoms with E-state index < -0.39 is 0 Å². The van der Waals surface area contributed by atoms with Crippen molar-refractivity contribution in [3.05, 3.63) is 29.3 Å². The Labute approximate surface area is 116 Å². The minimum atomic E-state index is 0.691. The number of nitrogens with one attached hydrogen (secondary N) is 1. The molecule has 0 saturated carbocycles. The first kappa shape index (κ1) is 11.8. The van der Waals surface area contributed by atoms with Crippen LogP contribution in [0.15, 0.2) is 18.2 Å². The molecule has 2 atom stereocenters. The van der Waals surface area contributed by atoms with Crippen LogP contribution in [0.1, 0.15) is 43.2 Å². The summed E-state index contributed by atoms with van der Waals surface area (Å²) >= 11 is 0. The fourth-order valence-electron chi connectivity index (χ4n) is 4.37. The molecule has 2 unspecified atom stereocenters. The Morgan fingerprint density at radius 2 is 1.95 bits per heavy atom. The molecule has 1 aliphatic carbocycles. The zero-order valence-electron chi connectivity index (χ0n) is 11.7. The van der Waals surface area contributed by atoms with Gasteiger partial charge in [-0.2, -0.15) is 0 Å². The van der Waals surface area contributed by atoms with Crippen molar-refractivity contribution < 1.29 is 0 Å². The number of aryl methyl sites for hydroxylation is 1. The third-order valence-electron chi connectivity index (χ3n) is 5.34. The van der Waals surface area contributed by atoms with Gasteiger partial charge in [0.05, 0.1) is 0 Å². The van der Waals surface area contributed by atoms with Gasteiger partial charge >= 0.3 is 0 Å². The van der Waals surface area contributed by atoms with Gasteiger partial charge in [-0.25, -0.2) is 0 Å². The van der Waals surface area contributed by atoms with Crippen LogP contribution in [0, 0.1) is 0 Å². The van der Waals surface area contributed by atoms with Gasteiger partial charge in [0.15, 0.2) is 0 Å². The molecule has 0 radical (unpaired) electrons. The maximum absolute atomic E-state index is 3.90. The summed E-state index contributed by atoms with van der Waals surface area (Å²) in [5.74, 6) is 0. The smallest absolute Gasteiger partial charge is 0.0429 e. The van der Waals surface area contributed by atoms with Crippen molar-refractivity contribution in [3.63, 3.8) is 0 Å². The van der Waals surface area contributed by atoms with E-state index >= 15 is 0 Å². The second kappa shape index (κ2) is 4.82. The Balaban J connectivity index is 1.57. The second-order valence-electron chi connectivity index (χ2n) is 6.44. The van der Waals surface area contributed by atoms with Gasteiger partial charge < -0.3 is 5.32 Å². The van der Waals surface area contributed by atoms with Gasteiger partial charge in [-0.15, -0.1) is 0 Å². The summed E-state index contributed by atoms with van der Waals surface area (Å²) < 4.78 is 0. The molecule has 0 aromatic heterocycles. The van der Waals surface area contributed by atoms with Gasteiger partial charge in [0.25, 0.3) is 0 Å². The van der Waals surface area contributed by atoms with Gasteiger partial charge in [-0.05, 0) is 68.7 Å². The highest BCUT2D eigenvalue weighted by Gasteiger charge is 2.37. The van der Waals surface area contributed by atoms with Crippen molar-refractivity contribution in [1.29, 1.82) is 0 Å². The van der Waals surface area contributed by atoms with E-state index in [0.717, 1.165) is 6.04 Å². The number of hydrogen-bond donors (Lipinski definition) is 1. The van der Waals surface area contributed by atoms with Crippen LogP contribution in [-0.2, 0) is 12.8 Å². The summed E-state index contributed by atoms with van der Waals surface area (Å²) in [5, 5.41) is 3.90. The molecule has 2 heterocycles. The van der Waals surface area contributed by atoms with Crippen molar-refractivity contribution in [3.8, 4) is 0 Å². The summed E-state index contributed by atoms with van der Waals surface area (Å²) in [5.41, 5.74) is 4.65. The number of rotatable bonds is 2. The molecule has 2 aliphatic heterocycles. The van der Waals surface area contributed by atoms with Crippen molar-refractivity contribution in [1.82, 2.24) is 4.90 Å². The van der Waals surface area contributed by atoms with E-state index in [1.165, 1.54) is 63.7 Å². The lowest BCUT2D eigenvalue weighted by Gasteiger charge is -2.26. The highest BCUT2D eigenvalue weighted by Crippen LogP contribution is 2.33. The van der Waals surface area contributed by atoms with Crippen molar-refractivity contribution in [2.75, 3.05) is 18.4 Å². The van der Waals surface area contributed by atoms with Crippen molar-refractivity contribution >= 4 is 5.69 Å². The molecule has 1 N–H and O–H groups in total. The van der Waals surface area contributed by atoms with Crippen molar-refractivity contribution in [2.45, 2.75) is 57.0 Å². The van der Waals surface area contributed by atoms with Gasteiger partial charge in [0, 0.05) is 24.3 Å². The van der Waals surface area contributed by atoms with Crippen LogP contribution in [0.3, 0.4) is 0 Å². The van der Waals surface area contributed by atoms with Gasteiger partial charge in [0.2, 0.25) is 0 Å². The molecule has 2 fully saturated rings. The Hall–Kier alpha value is -1.02. The fraction of sp³-hybridized carbons (Fsp3) is 0.647. The van der Waals surface area contributed by atoms with E-state index in [2.05, 4.69) is 28.4 Å². The molecule has 2 heteroatoms. The number of fused-ring (bicyclic) bond motifs is 2. The molecule has 0 spiro atoms.